The molecule has 2 fully saturated rings. The molecule has 0 bridgehead atoms. The summed E-state index contributed by atoms with van der Waals surface area (Å²) in [6.45, 7) is 6.66. The van der Waals surface area contributed by atoms with Gasteiger partial charge in [0.25, 0.3) is 0 Å². The van der Waals surface area contributed by atoms with E-state index in [2.05, 4.69) is 5.32 Å². The number of hydrogen-bond acceptors (Lipinski definition) is 4. The van der Waals surface area contributed by atoms with Gasteiger partial charge in [0, 0.05) is 25.2 Å². The predicted molar refractivity (Wildman–Crippen MR) is 101 cm³/mol. The number of nitrogens with one attached hydrogen (secondary N) is 1. The smallest absolute Gasteiger partial charge is 0.410 e. The van der Waals surface area contributed by atoms with Crippen LogP contribution in [-0.4, -0.2) is 41.6 Å². The van der Waals surface area contributed by atoms with Gasteiger partial charge in [-0.1, -0.05) is 12.1 Å². The van der Waals surface area contributed by atoms with E-state index in [9.17, 15) is 14.4 Å². The van der Waals surface area contributed by atoms with Gasteiger partial charge in [0.1, 0.15) is 5.60 Å². The van der Waals surface area contributed by atoms with Gasteiger partial charge in [-0.3, -0.25) is 15.0 Å². The lowest BCUT2D eigenvalue weighted by atomic mass is 9.95. The molecule has 7 heteroatoms. The number of carbonyl (C=O) groups is 3. The highest BCUT2D eigenvalue weighted by Gasteiger charge is 2.31. The summed E-state index contributed by atoms with van der Waals surface area (Å²) in [6, 6.07) is 7.21. The molecule has 3 rings (SSSR count). The fourth-order valence-electron chi connectivity index (χ4n) is 3.50. The molecule has 0 aromatic heterocycles. The summed E-state index contributed by atoms with van der Waals surface area (Å²) in [6.07, 6.45) is 2.92. The number of urea groups is 1. The molecule has 0 saturated carbocycles. The first-order valence-electron chi connectivity index (χ1n) is 9.45. The molecule has 2 heterocycles. The molecular formula is C20H27N3O4. The molecular weight excluding hydrogens is 346 g/mol. The van der Waals surface area contributed by atoms with E-state index < -0.39 is 11.6 Å². The minimum Gasteiger partial charge on any atom is -0.444 e. The van der Waals surface area contributed by atoms with Gasteiger partial charge >= 0.3 is 12.1 Å². The van der Waals surface area contributed by atoms with Crippen LogP contribution >= 0.6 is 0 Å². The van der Waals surface area contributed by atoms with Crippen LogP contribution in [0, 0.1) is 0 Å². The molecule has 7 nitrogen and oxygen atoms in total. The Balaban J connectivity index is 1.75. The van der Waals surface area contributed by atoms with Crippen molar-refractivity contribution in [3.05, 3.63) is 29.8 Å². The Hall–Kier alpha value is -2.57. The van der Waals surface area contributed by atoms with Crippen LogP contribution in [0.15, 0.2) is 24.3 Å². The van der Waals surface area contributed by atoms with E-state index in [0.717, 1.165) is 30.5 Å². The number of imide groups is 1. The van der Waals surface area contributed by atoms with Gasteiger partial charge in [-0.2, -0.15) is 0 Å². The Morgan fingerprint density at radius 1 is 1.11 bits per heavy atom. The third-order valence-corrected chi connectivity index (χ3v) is 4.77. The summed E-state index contributed by atoms with van der Waals surface area (Å²) in [5.41, 5.74) is 1.24. The van der Waals surface area contributed by atoms with Crippen molar-refractivity contribution in [1.82, 2.24) is 10.2 Å². The van der Waals surface area contributed by atoms with Crippen LogP contribution < -0.4 is 10.2 Å². The van der Waals surface area contributed by atoms with Gasteiger partial charge in [-0.05, 0) is 57.7 Å². The first-order valence-corrected chi connectivity index (χ1v) is 9.45. The lowest BCUT2D eigenvalue weighted by molar-refractivity contribution is -0.120. The highest BCUT2D eigenvalue weighted by atomic mass is 16.6. The van der Waals surface area contributed by atoms with Crippen LogP contribution in [0.3, 0.4) is 0 Å². The number of carbonyl (C=O) groups excluding carboxylic acids is 3. The van der Waals surface area contributed by atoms with Crippen molar-refractivity contribution in [2.24, 2.45) is 0 Å². The second-order valence-electron chi connectivity index (χ2n) is 8.03. The van der Waals surface area contributed by atoms with Gasteiger partial charge in [0.05, 0.1) is 6.04 Å². The molecule has 0 aliphatic carbocycles. The Kier molecular flexibility index (Phi) is 5.39. The predicted octanol–water partition coefficient (Wildman–Crippen LogP) is 3.60. The summed E-state index contributed by atoms with van der Waals surface area (Å²) in [5.74, 6) is -0.247. The summed E-state index contributed by atoms with van der Waals surface area (Å²) in [7, 11) is 0. The molecule has 2 saturated heterocycles. The fourth-order valence-corrected chi connectivity index (χ4v) is 3.50. The number of amides is 4. The molecule has 1 N–H and O–H groups in total. The first kappa shape index (κ1) is 19.2. The zero-order chi connectivity index (χ0) is 19.6. The maximum atomic E-state index is 12.6. The summed E-state index contributed by atoms with van der Waals surface area (Å²) >= 11 is 0. The van der Waals surface area contributed by atoms with Crippen molar-refractivity contribution in [2.75, 3.05) is 18.0 Å². The van der Waals surface area contributed by atoms with Gasteiger partial charge in [-0.15, -0.1) is 0 Å². The number of nitrogens with zero attached hydrogens (tertiary/aromatic N) is 2. The number of hydrogen-bond donors (Lipinski definition) is 1. The molecule has 27 heavy (non-hydrogen) atoms. The van der Waals surface area contributed by atoms with Crippen molar-refractivity contribution < 1.29 is 19.1 Å². The maximum Gasteiger partial charge on any atom is 0.410 e. The van der Waals surface area contributed by atoms with Gasteiger partial charge < -0.3 is 9.64 Å². The van der Waals surface area contributed by atoms with E-state index >= 15 is 0 Å². The van der Waals surface area contributed by atoms with Crippen LogP contribution in [0.25, 0.3) is 0 Å². The zero-order valence-corrected chi connectivity index (χ0v) is 16.2. The van der Waals surface area contributed by atoms with Crippen molar-refractivity contribution in [1.29, 1.82) is 0 Å². The molecule has 1 unspecified atom stereocenters. The van der Waals surface area contributed by atoms with Gasteiger partial charge in [0.2, 0.25) is 5.91 Å². The second-order valence-corrected chi connectivity index (χ2v) is 8.03. The Bertz CT molecular complexity index is 724. The van der Waals surface area contributed by atoms with Crippen molar-refractivity contribution in [3.8, 4) is 0 Å². The van der Waals surface area contributed by atoms with Crippen molar-refractivity contribution in [2.45, 2.75) is 58.1 Å². The average molecular weight is 373 g/mol. The highest BCUT2D eigenvalue weighted by molar-refractivity contribution is 6.05. The lowest BCUT2D eigenvalue weighted by Gasteiger charge is -2.37. The van der Waals surface area contributed by atoms with Gasteiger partial charge in [-0.25, -0.2) is 9.59 Å². The maximum absolute atomic E-state index is 12.6. The lowest BCUT2D eigenvalue weighted by Crippen LogP contribution is -2.49. The molecule has 1 aromatic carbocycles. The van der Waals surface area contributed by atoms with Crippen molar-refractivity contribution >= 4 is 23.7 Å². The molecule has 1 atom stereocenters. The number of rotatable bonds is 2. The topological polar surface area (TPSA) is 79.0 Å². The van der Waals surface area contributed by atoms with Gasteiger partial charge in [0.15, 0.2) is 0 Å². The highest BCUT2D eigenvalue weighted by Crippen LogP contribution is 2.33. The normalized spacial score (nSPS) is 21.1. The number of benzene rings is 1. The minimum atomic E-state index is -0.526. The molecule has 146 valence electrons. The summed E-state index contributed by atoms with van der Waals surface area (Å²) in [5, 5.41) is 2.33. The third kappa shape index (κ3) is 4.59. The molecule has 0 spiro atoms. The van der Waals surface area contributed by atoms with E-state index in [4.69, 9.17) is 4.74 Å². The van der Waals surface area contributed by atoms with E-state index in [-0.39, 0.29) is 18.0 Å². The largest absolute Gasteiger partial charge is 0.444 e. The Morgan fingerprint density at radius 2 is 1.81 bits per heavy atom. The number of anilines is 1. The third-order valence-electron chi connectivity index (χ3n) is 4.77. The van der Waals surface area contributed by atoms with Crippen LogP contribution in [0.2, 0.25) is 0 Å². The first-order chi connectivity index (χ1) is 12.7. The average Bonchev–Trinajstić information content (AvgIpc) is 2.60. The quantitative estimate of drug-likeness (QED) is 0.859. The number of ether oxygens (including phenoxy) is 1. The zero-order valence-electron chi connectivity index (χ0n) is 16.2. The van der Waals surface area contributed by atoms with Crippen LogP contribution in [0.5, 0.6) is 0 Å². The SMILES string of the molecule is CC(C)(C)OC(=O)N1CCCCC1c1ccc(N2CCC(=O)NC2=O)cc1. The second kappa shape index (κ2) is 7.58. The Labute approximate surface area is 159 Å². The van der Waals surface area contributed by atoms with E-state index in [1.807, 2.05) is 45.0 Å². The standard InChI is InChI=1S/C20H27N3O4/c1-20(2,3)27-19(26)23-12-5-4-6-16(23)14-7-9-15(10-8-14)22-13-11-17(24)21-18(22)25/h7-10,16H,4-6,11-13H2,1-3H3,(H,21,24,25). The number of piperidine rings is 1. The monoisotopic (exact) mass is 373 g/mol. The number of likely N-dealkylation sites (tertiary alicyclic amines) is 1. The summed E-state index contributed by atoms with van der Waals surface area (Å²) < 4.78 is 5.57. The van der Waals surface area contributed by atoms with Crippen molar-refractivity contribution in [3.63, 3.8) is 0 Å². The van der Waals surface area contributed by atoms with Crippen LogP contribution in [0.1, 0.15) is 58.1 Å². The van der Waals surface area contributed by atoms with E-state index in [0.29, 0.717) is 19.5 Å². The van der Waals surface area contributed by atoms with Crippen LogP contribution in [-0.2, 0) is 9.53 Å². The van der Waals surface area contributed by atoms with E-state index in [1.54, 1.807) is 9.80 Å². The van der Waals surface area contributed by atoms with Crippen LogP contribution in [0.4, 0.5) is 15.3 Å². The fraction of sp³-hybridized carbons (Fsp3) is 0.550. The molecule has 2 aliphatic heterocycles. The summed E-state index contributed by atoms with van der Waals surface area (Å²) in [4.78, 5) is 39.2. The van der Waals surface area contributed by atoms with E-state index in [1.165, 1.54) is 0 Å². The molecule has 2 aliphatic rings. The Morgan fingerprint density at radius 3 is 2.44 bits per heavy atom. The molecule has 1 aromatic rings. The molecule has 0 radical (unpaired) electrons. The minimum absolute atomic E-state index is 0.0283. The molecule has 4 amide bonds.